The van der Waals surface area contributed by atoms with E-state index in [4.69, 9.17) is 19.9 Å². The summed E-state index contributed by atoms with van der Waals surface area (Å²) in [4.78, 5) is 12.8. The normalized spacial score (nSPS) is 16.9. The van der Waals surface area contributed by atoms with Gasteiger partial charge in [-0.2, -0.15) is 5.26 Å². The summed E-state index contributed by atoms with van der Waals surface area (Å²) >= 11 is 1.29. The van der Waals surface area contributed by atoms with Crippen molar-refractivity contribution in [2.75, 3.05) is 32.6 Å². The van der Waals surface area contributed by atoms with E-state index in [0.29, 0.717) is 77.0 Å². The van der Waals surface area contributed by atoms with Gasteiger partial charge in [-0.3, -0.25) is 5.41 Å². The highest BCUT2D eigenvalue weighted by Gasteiger charge is 2.25. The quantitative estimate of drug-likeness (QED) is 0.507. The fraction of sp³-hybridized carbons (Fsp3) is 0.455. The van der Waals surface area contributed by atoms with E-state index in [1.807, 2.05) is 4.57 Å². The summed E-state index contributed by atoms with van der Waals surface area (Å²) < 4.78 is 38.2. The SMILES string of the molecule is CS(=O)(=O)N1CCC(CCn2cnc(=N)c3[nH]c(Sc4cc5c(cc4C#N)OCCO5)nc32)CC1. The molecule has 1 saturated heterocycles. The number of hydrogen-bond donors (Lipinski definition) is 2. The van der Waals surface area contributed by atoms with Crippen molar-refractivity contribution in [3.05, 3.63) is 29.5 Å². The molecule has 0 amide bonds. The summed E-state index contributed by atoms with van der Waals surface area (Å²) in [5.74, 6) is 1.56. The van der Waals surface area contributed by atoms with Gasteiger partial charge in [-0.15, -0.1) is 0 Å². The molecule has 1 aromatic carbocycles. The van der Waals surface area contributed by atoms with E-state index in [-0.39, 0.29) is 5.49 Å². The molecular weight excluding hydrogens is 490 g/mol. The number of benzene rings is 1. The van der Waals surface area contributed by atoms with Gasteiger partial charge < -0.3 is 19.0 Å². The van der Waals surface area contributed by atoms with Crippen molar-refractivity contribution in [3.63, 3.8) is 0 Å². The molecule has 0 unspecified atom stereocenters. The molecule has 0 radical (unpaired) electrons. The van der Waals surface area contributed by atoms with Gasteiger partial charge in [0.25, 0.3) is 0 Å². The number of ether oxygens (including phenoxy) is 2. The number of piperidine rings is 1. The van der Waals surface area contributed by atoms with Gasteiger partial charge in [-0.05, 0) is 31.2 Å². The third kappa shape index (κ3) is 5.00. The van der Waals surface area contributed by atoms with Crippen molar-refractivity contribution in [3.8, 4) is 17.6 Å². The Hall–Kier alpha value is -3.08. The maximum atomic E-state index is 11.7. The molecule has 2 N–H and O–H groups in total. The molecule has 4 heterocycles. The van der Waals surface area contributed by atoms with Crippen LogP contribution in [0, 0.1) is 22.7 Å². The maximum absolute atomic E-state index is 11.7. The van der Waals surface area contributed by atoms with Crippen molar-refractivity contribution in [2.45, 2.75) is 35.9 Å². The van der Waals surface area contributed by atoms with E-state index < -0.39 is 10.0 Å². The summed E-state index contributed by atoms with van der Waals surface area (Å²) in [6.07, 6.45) is 5.39. The van der Waals surface area contributed by atoms with E-state index in [2.05, 4.69) is 16.0 Å². The van der Waals surface area contributed by atoms with Crippen LogP contribution in [-0.4, -0.2) is 64.8 Å². The van der Waals surface area contributed by atoms with Crippen molar-refractivity contribution in [1.29, 1.82) is 10.7 Å². The monoisotopic (exact) mass is 515 g/mol. The smallest absolute Gasteiger partial charge is 0.211 e. The molecular formula is C22H25N7O4S2. The van der Waals surface area contributed by atoms with Crippen molar-refractivity contribution in [2.24, 2.45) is 5.92 Å². The number of H-pyrrole nitrogens is 1. The first-order valence-electron chi connectivity index (χ1n) is 11.3. The summed E-state index contributed by atoms with van der Waals surface area (Å²) in [5, 5.41) is 18.4. The molecule has 0 atom stereocenters. The second kappa shape index (κ2) is 9.52. The fourth-order valence-corrected chi connectivity index (χ4v) is 6.12. The molecule has 0 spiro atoms. The summed E-state index contributed by atoms with van der Waals surface area (Å²) in [7, 11) is -3.14. The Morgan fingerprint density at radius 3 is 2.66 bits per heavy atom. The van der Waals surface area contributed by atoms with E-state index in [9.17, 15) is 13.7 Å². The van der Waals surface area contributed by atoms with Crippen LogP contribution in [0.25, 0.3) is 11.2 Å². The Morgan fingerprint density at radius 2 is 1.97 bits per heavy atom. The highest BCUT2D eigenvalue weighted by Crippen LogP contribution is 2.39. The number of hydrogen-bond acceptors (Lipinski definition) is 9. The number of sulfonamides is 1. The van der Waals surface area contributed by atoms with Gasteiger partial charge in [0.2, 0.25) is 10.0 Å². The number of rotatable bonds is 6. The molecule has 0 aliphatic carbocycles. The standard InChI is InChI=1S/C22H25N7O4S2/c1-35(30,31)29-6-3-14(4-7-29)2-5-28-13-25-20(24)19-21(28)27-22(26-19)34-18-11-17-16(10-15(18)12-23)32-8-9-33-17/h10-11,13-14,24H,2-9H2,1H3,(H,26,27). The van der Waals surface area contributed by atoms with Crippen LogP contribution in [0.3, 0.4) is 0 Å². The van der Waals surface area contributed by atoms with Gasteiger partial charge in [-0.1, -0.05) is 11.8 Å². The van der Waals surface area contributed by atoms with E-state index in [1.54, 1.807) is 18.5 Å². The van der Waals surface area contributed by atoms with Crippen LogP contribution < -0.4 is 15.0 Å². The zero-order valence-corrected chi connectivity index (χ0v) is 20.8. The molecule has 2 aromatic heterocycles. The van der Waals surface area contributed by atoms with Crippen molar-refractivity contribution < 1.29 is 17.9 Å². The Morgan fingerprint density at radius 1 is 1.26 bits per heavy atom. The van der Waals surface area contributed by atoms with Gasteiger partial charge in [0.1, 0.15) is 24.8 Å². The first-order valence-corrected chi connectivity index (χ1v) is 13.9. The number of imidazole rings is 1. The number of nitrogens with one attached hydrogen (secondary N) is 2. The Kier molecular flexibility index (Phi) is 6.43. The van der Waals surface area contributed by atoms with Gasteiger partial charge in [-0.25, -0.2) is 22.7 Å². The second-order valence-corrected chi connectivity index (χ2v) is 11.6. The molecule has 2 aliphatic rings. The third-order valence-electron chi connectivity index (χ3n) is 6.29. The summed E-state index contributed by atoms with van der Waals surface area (Å²) in [5.41, 5.74) is 1.70. The van der Waals surface area contributed by atoms with Crippen LogP contribution in [0.1, 0.15) is 24.8 Å². The molecule has 0 saturated carbocycles. The summed E-state index contributed by atoms with van der Waals surface area (Å²) in [6, 6.07) is 5.65. The lowest BCUT2D eigenvalue weighted by atomic mass is 9.95. The maximum Gasteiger partial charge on any atom is 0.211 e. The fourth-order valence-electron chi connectivity index (χ4n) is 4.37. The highest BCUT2D eigenvalue weighted by molar-refractivity contribution is 7.99. The number of aryl methyl sites for hydroxylation is 1. The van der Waals surface area contributed by atoms with Gasteiger partial charge >= 0.3 is 0 Å². The third-order valence-corrected chi connectivity index (χ3v) is 8.54. The first kappa shape index (κ1) is 23.7. The highest BCUT2D eigenvalue weighted by atomic mass is 32.2. The number of nitriles is 1. The number of aromatic nitrogens is 4. The minimum atomic E-state index is -3.14. The first-order chi connectivity index (χ1) is 16.8. The molecule has 35 heavy (non-hydrogen) atoms. The number of aromatic amines is 1. The number of nitrogens with zero attached hydrogens (tertiary/aromatic N) is 5. The van der Waals surface area contributed by atoms with Gasteiger partial charge in [0, 0.05) is 30.6 Å². The second-order valence-electron chi connectivity index (χ2n) is 8.63. The minimum absolute atomic E-state index is 0.0970. The molecule has 184 valence electrons. The lowest BCUT2D eigenvalue weighted by Gasteiger charge is -2.30. The van der Waals surface area contributed by atoms with Crippen LogP contribution in [0.4, 0.5) is 0 Å². The lowest BCUT2D eigenvalue weighted by molar-refractivity contribution is 0.171. The zero-order valence-electron chi connectivity index (χ0n) is 19.2. The van der Waals surface area contributed by atoms with E-state index in [0.717, 1.165) is 19.3 Å². The zero-order chi connectivity index (χ0) is 24.6. The van der Waals surface area contributed by atoms with Gasteiger partial charge in [0.15, 0.2) is 27.8 Å². The molecule has 5 rings (SSSR count). The number of fused-ring (bicyclic) bond motifs is 2. The minimum Gasteiger partial charge on any atom is -0.486 e. The van der Waals surface area contributed by atoms with Crippen molar-refractivity contribution >= 4 is 32.9 Å². The largest absolute Gasteiger partial charge is 0.486 e. The average Bonchev–Trinajstić information content (AvgIpc) is 3.27. The predicted octanol–water partition coefficient (Wildman–Crippen LogP) is 2.09. The topological polar surface area (TPSA) is 150 Å². The van der Waals surface area contributed by atoms with Crippen LogP contribution in [0.5, 0.6) is 11.5 Å². The Bertz CT molecular complexity index is 1470. The molecule has 2 aliphatic heterocycles. The molecule has 11 nitrogen and oxygen atoms in total. The molecule has 0 bridgehead atoms. The van der Waals surface area contributed by atoms with E-state index >= 15 is 0 Å². The Labute approximate surface area is 206 Å². The van der Waals surface area contributed by atoms with Crippen LogP contribution >= 0.6 is 11.8 Å². The molecule has 13 heteroatoms. The van der Waals surface area contributed by atoms with Crippen molar-refractivity contribution in [1.82, 2.24) is 23.8 Å². The molecule has 1 fully saturated rings. The predicted molar refractivity (Wildman–Crippen MR) is 128 cm³/mol. The average molecular weight is 516 g/mol. The summed E-state index contributed by atoms with van der Waals surface area (Å²) in [6.45, 7) is 2.66. The van der Waals surface area contributed by atoms with Crippen LogP contribution in [0.15, 0.2) is 28.5 Å². The van der Waals surface area contributed by atoms with E-state index in [1.165, 1.54) is 22.3 Å². The Balaban J connectivity index is 1.34. The van der Waals surface area contributed by atoms with Crippen LogP contribution in [-0.2, 0) is 16.6 Å². The lowest BCUT2D eigenvalue weighted by Crippen LogP contribution is -2.37. The van der Waals surface area contributed by atoms with Crippen LogP contribution in [0.2, 0.25) is 0 Å². The van der Waals surface area contributed by atoms with Gasteiger partial charge in [0.05, 0.1) is 18.1 Å². The molecule has 3 aromatic rings.